The Morgan fingerprint density at radius 1 is 1.05 bits per heavy atom. The summed E-state index contributed by atoms with van der Waals surface area (Å²) in [5.74, 6) is 0.290. The van der Waals surface area contributed by atoms with Crippen molar-refractivity contribution in [2.45, 2.75) is 88.2 Å². The molecule has 2 heterocycles. The number of sulfone groups is 1. The molecule has 0 spiro atoms. The number of rotatable bonds is 7. The zero-order valence-electron chi connectivity index (χ0n) is 23.1. The molecular weight excluding hydrogens is 615 g/mol. The van der Waals surface area contributed by atoms with Crippen LogP contribution >= 0.6 is 34.5 Å². The molecule has 1 aromatic heterocycles. The van der Waals surface area contributed by atoms with Gasteiger partial charge in [-0.3, -0.25) is 4.79 Å². The van der Waals surface area contributed by atoms with Gasteiger partial charge >= 0.3 is 0 Å². The third kappa shape index (κ3) is 7.30. The van der Waals surface area contributed by atoms with Crippen LogP contribution in [0, 0.1) is 0 Å². The lowest BCUT2D eigenvalue weighted by Gasteiger charge is -2.32. The molecule has 0 unspecified atom stereocenters. The first-order valence-electron chi connectivity index (χ1n) is 13.4. The van der Waals surface area contributed by atoms with E-state index in [1.165, 1.54) is 12.5 Å². The molecule has 1 amide bonds. The lowest BCUT2D eigenvalue weighted by Crippen LogP contribution is -2.40. The predicted molar refractivity (Wildman–Crippen MR) is 162 cm³/mol. The Kier molecular flexibility index (Phi) is 9.48. The highest BCUT2D eigenvalue weighted by atomic mass is 35.5. The van der Waals surface area contributed by atoms with Crippen molar-refractivity contribution in [1.82, 2.24) is 15.0 Å². The number of nitrogens with one attached hydrogen (secondary N) is 2. The summed E-state index contributed by atoms with van der Waals surface area (Å²) in [4.78, 5) is 20.5. The summed E-state index contributed by atoms with van der Waals surface area (Å²) < 4.78 is 52.2. The van der Waals surface area contributed by atoms with E-state index >= 15 is 0 Å². The number of benzene rings is 1. The van der Waals surface area contributed by atoms with E-state index in [4.69, 9.17) is 28.2 Å². The number of thiazole rings is 1. The molecule has 40 heavy (non-hydrogen) atoms. The van der Waals surface area contributed by atoms with Gasteiger partial charge in [0.15, 0.2) is 5.01 Å². The molecule has 222 valence electrons. The fraction of sp³-hybridized carbons (Fsp3) is 0.615. The Morgan fingerprint density at radius 2 is 1.68 bits per heavy atom. The standard InChI is InChI=1S/C26H36Cl2N4O5S3/c1-26(2,3)31-40(36,37)19-11-10-18(20(27)21(19)28)22-23(32(4)17-8-6-5-7-9-17)30-25(38-22)24(33)29-16-12-14-39(34,35)15-13-16/h10-11,16-17,31H,5-9,12-15H2,1-4H3,(H,29,33). The van der Waals surface area contributed by atoms with E-state index in [1.807, 2.05) is 7.05 Å². The van der Waals surface area contributed by atoms with Gasteiger partial charge in [0, 0.05) is 30.2 Å². The molecule has 0 radical (unpaired) electrons. The number of hydrogen-bond acceptors (Lipinski definition) is 8. The highest BCUT2D eigenvalue weighted by Gasteiger charge is 2.31. The van der Waals surface area contributed by atoms with E-state index in [0.717, 1.165) is 37.0 Å². The van der Waals surface area contributed by atoms with Crippen molar-refractivity contribution in [3.63, 3.8) is 0 Å². The molecule has 2 N–H and O–H groups in total. The zero-order chi connectivity index (χ0) is 29.5. The normalized spacial score (nSPS) is 18.9. The number of halogens is 2. The molecule has 0 bridgehead atoms. The van der Waals surface area contributed by atoms with Crippen LogP contribution in [0.25, 0.3) is 10.4 Å². The maximum absolute atomic E-state index is 13.3. The fourth-order valence-electron chi connectivity index (χ4n) is 5.12. The van der Waals surface area contributed by atoms with E-state index in [-0.39, 0.29) is 49.4 Å². The molecule has 2 aliphatic rings. The molecule has 1 aromatic carbocycles. The number of nitrogens with zero attached hydrogens (tertiary/aromatic N) is 2. The second-order valence-corrected chi connectivity index (χ2v) is 17.3. The molecular formula is C26H36Cl2N4O5S3. The van der Waals surface area contributed by atoms with E-state index in [0.29, 0.717) is 29.1 Å². The maximum Gasteiger partial charge on any atom is 0.280 e. The minimum absolute atomic E-state index is 0.0458. The predicted octanol–water partition coefficient (Wildman–Crippen LogP) is 5.27. The third-order valence-electron chi connectivity index (χ3n) is 7.17. The van der Waals surface area contributed by atoms with Gasteiger partial charge in [0.2, 0.25) is 10.0 Å². The molecule has 1 aliphatic carbocycles. The number of carbonyl (C=O) groups is 1. The molecule has 1 saturated carbocycles. The van der Waals surface area contributed by atoms with Gasteiger partial charge in [0.05, 0.1) is 26.4 Å². The summed E-state index contributed by atoms with van der Waals surface area (Å²) in [6.07, 6.45) is 6.10. The zero-order valence-corrected chi connectivity index (χ0v) is 27.1. The van der Waals surface area contributed by atoms with E-state index in [9.17, 15) is 21.6 Å². The molecule has 1 saturated heterocycles. The van der Waals surface area contributed by atoms with Gasteiger partial charge in [-0.05, 0) is 52.5 Å². The van der Waals surface area contributed by atoms with Gasteiger partial charge in [-0.1, -0.05) is 48.5 Å². The largest absolute Gasteiger partial charge is 0.355 e. The lowest BCUT2D eigenvalue weighted by molar-refractivity contribution is 0.0934. The summed E-state index contributed by atoms with van der Waals surface area (Å²) in [6.45, 7) is 5.20. The Morgan fingerprint density at radius 3 is 2.27 bits per heavy atom. The second-order valence-electron chi connectivity index (χ2n) is 11.6. The van der Waals surface area contributed by atoms with Gasteiger partial charge < -0.3 is 10.2 Å². The first-order chi connectivity index (χ1) is 18.6. The topological polar surface area (TPSA) is 126 Å². The molecule has 2 fully saturated rings. The number of sulfonamides is 1. The van der Waals surface area contributed by atoms with Crippen LogP contribution in [0.1, 0.15) is 75.5 Å². The third-order valence-corrected chi connectivity index (χ3v) is 12.8. The summed E-state index contributed by atoms with van der Waals surface area (Å²) in [6, 6.07) is 3.01. The number of hydrogen-bond donors (Lipinski definition) is 2. The Hall–Kier alpha value is -1.44. The van der Waals surface area contributed by atoms with Crippen LogP contribution in [0.2, 0.25) is 10.0 Å². The van der Waals surface area contributed by atoms with Gasteiger partial charge in [0.25, 0.3) is 5.91 Å². The van der Waals surface area contributed by atoms with Gasteiger partial charge in [-0.15, -0.1) is 11.3 Å². The highest BCUT2D eigenvalue weighted by Crippen LogP contribution is 2.45. The Labute approximate surface area is 251 Å². The SMILES string of the molecule is CN(c1nc(C(=O)NC2CCS(=O)(=O)CC2)sc1-c1ccc(S(=O)(=O)NC(C)(C)C)c(Cl)c1Cl)C1CCCCC1. The van der Waals surface area contributed by atoms with E-state index < -0.39 is 25.4 Å². The van der Waals surface area contributed by atoms with Crippen molar-refractivity contribution in [2.24, 2.45) is 0 Å². The van der Waals surface area contributed by atoms with Crippen LogP contribution < -0.4 is 14.9 Å². The van der Waals surface area contributed by atoms with Crippen molar-refractivity contribution in [3.05, 3.63) is 27.2 Å². The van der Waals surface area contributed by atoms with Crippen LogP contribution in [0.5, 0.6) is 0 Å². The van der Waals surface area contributed by atoms with Crippen LogP contribution in [-0.2, 0) is 19.9 Å². The number of carbonyl (C=O) groups excluding carboxylic acids is 1. The Balaban J connectivity index is 1.72. The van der Waals surface area contributed by atoms with E-state index in [2.05, 4.69) is 14.9 Å². The van der Waals surface area contributed by atoms with Crippen molar-refractivity contribution < 1.29 is 21.6 Å². The average molecular weight is 652 g/mol. The summed E-state index contributed by atoms with van der Waals surface area (Å²) in [5, 5.41) is 3.11. The van der Waals surface area contributed by atoms with Crippen LogP contribution in [0.3, 0.4) is 0 Å². The van der Waals surface area contributed by atoms with Crippen molar-refractivity contribution in [3.8, 4) is 10.4 Å². The van der Waals surface area contributed by atoms with Crippen molar-refractivity contribution in [1.29, 1.82) is 0 Å². The first kappa shape index (κ1) is 31.5. The molecule has 4 rings (SSSR count). The van der Waals surface area contributed by atoms with Gasteiger partial charge in [-0.25, -0.2) is 26.5 Å². The number of anilines is 1. The quantitative estimate of drug-likeness (QED) is 0.418. The molecule has 1 aliphatic heterocycles. The number of aromatic nitrogens is 1. The highest BCUT2D eigenvalue weighted by molar-refractivity contribution is 7.91. The fourth-order valence-corrected chi connectivity index (χ4v) is 9.99. The van der Waals surface area contributed by atoms with Crippen molar-refractivity contribution in [2.75, 3.05) is 23.5 Å². The van der Waals surface area contributed by atoms with Gasteiger partial charge in [-0.2, -0.15) is 0 Å². The summed E-state index contributed by atoms with van der Waals surface area (Å²) >= 11 is 14.4. The monoisotopic (exact) mass is 650 g/mol. The summed E-state index contributed by atoms with van der Waals surface area (Å²) in [7, 11) is -5.05. The van der Waals surface area contributed by atoms with Crippen LogP contribution in [0.4, 0.5) is 5.82 Å². The molecule has 2 aromatic rings. The molecule has 9 nitrogen and oxygen atoms in total. The van der Waals surface area contributed by atoms with E-state index in [1.54, 1.807) is 26.8 Å². The Bertz CT molecular complexity index is 1470. The maximum atomic E-state index is 13.3. The average Bonchev–Trinajstić information content (AvgIpc) is 3.31. The second kappa shape index (κ2) is 12.0. The minimum atomic E-state index is -3.94. The smallest absolute Gasteiger partial charge is 0.280 e. The minimum Gasteiger partial charge on any atom is -0.355 e. The number of amides is 1. The van der Waals surface area contributed by atoms with Crippen LogP contribution in [0.15, 0.2) is 17.0 Å². The lowest BCUT2D eigenvalue weighted by atomic mass is 9.94. The molecule has 0 atom stereocenters. The van der Waals surface area contributed by atoms with Gasteiger partial charge in [0.1, 0.15) is 20.6 Å². The first-order valence-corrected chi connectivity index (χ1v) is 18.2. The van der Waals surface area contributed by atoms with Crippen molar-refractivity contribution >= 4 is 66.1 Å². The summed E-state index contributed by atoms with van der Waals surface area (Å²) in [5.41, 5.74) is -0.231. The molecule has 14 heteroatoms. The van der Waals surface area contributed by atoms with Crippen LogP contribution in [-0.4, -0.2) is 63.9 Å².